The second-order valence-electron chi connectivity index (χ2n) is 9.67. The SMILES string of the molecule is COc1ccc(C(=O)NC2CCC(NC(=O)[C@@H]3CCCN3C(=O)C(C)(C)C)CC2)cc1. The van der Waals surface area contributed by atoms with Crippen molar-refractivity contribution in [2.45, 2.75) is 77.4 Å². The van der Waals surface area contributed by atoms with Crippen molar-refractivity contribution in [3.05, 3.63) is 29.8 Å². The zero-order chi connectivity index (χ0) is 22.6. The molecule has 1 saturated heterocycles. The van der Waals surface area contributed by atoms with E-state index in [2.05, 4.69) is 10.6 Å². The van der Waals surface area contributed by atoms with Gasteiger partial charge in [0.1, 0.15) is 11.8 Å². The highest BCUT2D eigenvalue weighted by molar-refractivity contribution is 5.94. The number of benzene rings is 1. The summed E-state index contributed by atoms with van der Waals surface area (Å²) in [4.78, 5) is 39.8. The van der Waals surface area contributed by atoms with Gasteiger partial charge in [-0.25, -0.2) is 0 Å². The van der Waals surface area contributed by atoms with Crippen LogP contribution < -0.4 is 15.4 Å². The number of carbonyl (C=O) groups excluding carboxylic acids is 3. The van der Waals surface area contributed by atoms with Crippen molar-refractivity contribution in [1.82, 2.24) is 15.5 Å². The van der Waals surface area contributed by atoms with Crippen LogP contribution >= 0.6 is 0 Å². The van der Waals surface area contributed by atoms with Gasteiger partial charge in [-0.15, -0.1) is 0 Å². The lowest BCUT2D eigenvalue weighted by molar-refractivity contribution is -0.144. The maximum atomic E-state index is 12.9. The first-order chi connectivity index (χ1) is 14.7. The van der Waals surface area contributed by atoms with Crippen molar-refractivity contribution in [3.63, 3.8) is 0 Å². The van der Waals surface area contributed by atoms with E-state index in [0.717, 1.165) is 44.3 Å². The van der Waals surface area contributed by atoms with Gasteiger partial charge in [-0.05, 0) is 62.8 Å². The summed E-state index contributed by atoms with van der Waals surface area (Å²) < 4.78 is 5.13. The molecule has 1 aromatic carbocycles. The van der Waals surface area contributed by atoms with E-state index in [1.54, 1.807) is 36.3 Å². The first-order valence-corrected chi connectivity index (χ1v) is 11.3. The van der Waals surface area contributed by atoms with Crippen molar-refractivity contribution in [3.8, 4) is 5.75 Å². The normalized spacial score (nSPS) is 23.9. The molecule has 170 valence electrons. The number of amides is 3. The highest BCUT2D eigenvalue weighted by atomic mass is 16.5. The zero-order valence-electron chi connectivity index (χ0n) is 19.1. The monoisotopic (exact) mass is 429 g/mol. The number of ether oxygens (including phenoxy) is 1. The van der Waals surface area contributed by atoms with Crippen LogP contribution in [-0.4, -0.2) is 54.4 Å². The number of hydrogen-bond donors (Lipinski definition) is 2. The van der Waals surface area contributed by atoms with Crippen molar-refractivity contribution < 1.29 is 19.1 Å². The number of carbonyl (C=O) groups is 3. The van der Waals surface area contributed by atoms with E-state index in [9.17, 15) is 14.4 Å². The van der Waals surface area contributed by atoms with Gasteiger partial charge in [0.15, 0.2) is 0 Å². The maximum Gasteiger partial charge on any atom is 0.251 e. The second kappa shape index (κ2) is 9.71. The van der Waals surface area contributed by atoms with Crippen LogP contribution in [0.5, 0.6) is 5.75 Å². The lowest BCUT2D eigenvalue weighted by atomic mass is 9.90. The molecule has 1 heterocycles. The number of nitrogens with one attached hydrogen (secondary N) is 2. The van der Waals surface area contributed by atoms with E-state index in [0.29, 0.717) is 12.1 Å². The Bertz CT molecular complexity index is 792. The van der Waals surface area contributed by atoms with Crippen molar-refractivity contribution in [2.75, 3.05) is 13.7 Å². The van der Waals surface area contributed by atoms with Crippen LogP contribution in [0.2, 0.25) is 0 Å². The van der Waals surface area contributed by atoms with Gasteiger partial charge in [0.2, 0.25) is 11.8 Å². The van der Waals surface area contributed by atoms with Gasteiger partial charge in [0, 0.05) is 29.6 Å². The molecule has 1 aliphatic carbocycles. The Morgan fingerprint density at radius 2 is 1.52 bits per heavy atom. The fraction of sp³-hybridized carbons (Fsp3) is 0.625. The predicted octanol–water partition coefficient (Wildman–Crippen LogP) is 2.89. The van der Waals surface area contributed by atoms with Crippen LogP contribution in [-0.2, 0) is 9.59 Å². The van der Waals surface area contributed by atoms with Crippen molar-refractivity contribution in [2.24, 2.45) is 5.41 Å². The average molecular weight is 430 g/mol. The quantitative estimate of drug-likeness (QED) is 0.753. The molecule has 1 aromatic rings. The lowest BCUT2D eigenvalue weighted by Crippen LogP contribution is -2.52. The molecule has 0 aromatic heterocycles. The van der Waals surface area contributed by atoms with E-state index >= 15 is 0 Å². The molecule has 1 aliphatic heterocycles. The number of likely N-dealkylation sites (tertiary alicyclic amines) is 1. The Morgan fingerprint density at radius 3 is 2.06 bits per heavy atom. The number of hydrogen-bond acceptors (Lipinski definition) is 4. The molecule has 3 rings (SSSR count). The predicted molar refractivity (Wildman–Crippen MR) is 119 cm³/mol. The summed E-state index contributed by atoms with van der Waals surface area (Å²) in [6, 6.07) is 6.90. The summed E-state index contributed by atoms with van der Waals surface area (Å²) in [6.45, 7) is 6.33. The van der Waals surface area contributed by atoms with Gasteiger partial charge in [0.25, 0.3) is 5.91 Å². The van der Waals surface area contributed by atoms with Crippen LogP contribution in [0, 0.1) is 5.41 Å². The summed E-state index contributed by atoms with van der Waals surface area (Å²) in [5, 5.41) is 6.25. The number of nitrogens with zero attached hydrogens (tertiary/aromatic N) is 1. The molecule has 2 N–H and O–H groups in total. The summed E-state index contributed by atoms with van der Waals surface area (Å²) in [6.07, 6.45) is 4.87. The summed E-state index contributed by atoms with van der Waals surface area (Å²) in [5.41, 5.74) is 0.129. The second-order valence-corrected chi connectivity index (χ2v) is 9.67. The molecule has 2 aliphatic rings. The molecule has 2 fully saturated rings. The molecule has 0 unspecified atom stereocenters. The molecule has 3 amide bonds. The third-order valence-corrected chi connectivity index (χ3v) is 6.22. The maximum absolute atomic E-state index is 12.9. The molecular weight excluding hydrogens is 394 g/mol. The largest absolute Gasteiger partial charge is 0.497 e. The van der Waals surface area contributed by atoms with Crippen LogP contribution in [0.4, 0.5) is 0 Å². The van der Waals surface area contributed by atoms with E-state index < -0.39 is 5.41 Å². The molecule has 0 radical (unpaired) electrons. The Labute approximate surface area is 184 Å². The standard InChI is InChI=1S/C24H35N3O4/c1-24(2,3)23(30)27-15-5-6-20(27)22(29)26-18-11-9-17(10-12-18)25-21(28)16-7-13-19(31-4)14-8-16/h7-8,13-14,17-18,20H,5-6,9-12,15H2,1-4H3,(H,25,28)(H,26,29)/t17?,18?,20-/m0/s1. The van der Waals surface area contributed by atoms with Gasteiger partial charge in [-0.2, -0.15) is 0 Å². The number of methoxy groups -OCH3 is 1. The van der Waals surface area contributed by atoms with E-state index in [1.807, 2.05) is 20.8 Å². The van der Waals surface area contributed by atoms with Crippen molar-refractivity contribution in [1.29, 1.82) is 0 Å². The average Bonchev–Trinajstić information content (AvgIpc) is 3.23. The molecule has 1 atom stereocenters. The van der Waals surface area contributed by atoms with E-state index in [-0.39, 0.29) is 35.8 Å². The zero-order valence-corrected chi connectivity index (χ0v) is 19.1. The summed E-state index contributed by atoms with van der Waals surface area (Å²) in [5.74, 6) is 0.631. The minimum absolute atomic E-state index is 0.0371. The minimum Gasteiger partial charge on any atom is -0.497 e. The minimum atomic E-state index is -0.483. The van der Waals surface area contributed by atoms with E-state index in [1.165, 1.54) is 0 Å². The van der Waals surface area contributed by atoms with Crippen LogP contribution in [0.3, 0.4) is 0 Å². The summed E-state index contributed by atoms with van der Waals surface area (Å²) >= 11 is 0. The highest BCUT2D eigenvalue weighted by Crippen LogP contribution is 2.26. The third kappa shape index (κ3) is 5.77. The van der Waals surface area contributed by atoms with Gasteiger partial charge < -0.3 is 20.3 Å². The van der Waals surface area contributed by atoms with Gasteiger partial charge >= 0.3 is 0 Å². The third-order valence-electron chi connectivity index (χ3n) is 6.22. The fourth-order valence-corrected chi connectivity index (χ4v) is 4.40. The van der Waals surface area contributed by atoms with Gasteiger partial charge in [0.05, 0.1) is 7.11 Å². The summed E-state index contributed by atoms with van der Waals surface area (Å²) in [7, 11) is 1.60. The Morgan fingerprint density at radius 1 is 0.935 bits per heavy atom. The Hall–Kier alpha value is -2.57. The molecule has 7 nitrogen and oxygen atoms in total. The Balaban J connectivity index is 1.46. The highest BCUT2D eigenvalue weighted by Gasteiger charge is 2.39. The number of rotatable bonds is 5. The van der Waals surface area contributed by atoms with Crippen molar-refractivity contribution >= 4 is 17.7 Å². The van der Waals surface area contributed by atoms with Crippen LogP contribution in [0.1, 0.15) is 69.7 Å². The first kappa shape index (κ1) is 23.1. The first-order valence-electron chi connectivity index (χ1n) is 11.3. The molecule has 31 heavy (non-hydrogen) atoms. The Kier molecular flexibility index (Phi) is 7.23. The molecule has 0 bridgehead atoms. The topological polar surface area (TPSA) is 87.7 Å². The van der Waals surface area contributed by atoms with Crippen LogP contribution in [0.25, 0.3) is 0 Å². The molecule has 0 spiro atoms. The van der Waals surface area contributed by atoms with Gasteiger partial charge in [-0.1, -0.05) is 20.8 Å². The lowest BCUT2D eigenvalue weighted by Gasteiger charge is -2.33. The fourth-order valence-electron chi connectivity index (χ4n) is 4.40. The van der Waals surface area contributed by atoms with Crippen LogP contribution in [0.15, 0.2) is 24.3 Å². The molecular formula is C24H35N3O4. The smallest absolute Gasteiger partial charge is 0.251 e. The van der Waals surface area contributed by atoms with E-state index in [4.69, 9.17) is 4.74 Å². The molecule has 1 saturated carbocycles. The van der Waals surface area contributed by atoms with Gasteiger partial charge in [-0.3, -0.25) is 14.4 Å². The molecule has 7 heteroatoms.